The smallest absolute Gasteiger partial charge is 0.338 e. The number of unbranched alkanes of at least 4 members (excludes halogenated alkanes) is 1. The maximum atomic E-state index is 13.1. The highest BCUT2D eigenvalue weighted by Gasteiger charge is 2.24. The van der Waals surface area contributed by atoms with Crippen molar-refractivity contribution in [3.63, 3.8) is 0 Å². The predicted octanol–water partition coefficient (Wildman–Crippen LogP) is 2.97. The maximum absolute atomic E-state index is 13.1. The summed E-state index contributed by atoms with van der Waals surface area (Å²) in [6.45, 7) is 4.08. The minimum atomic E-state index is -3.86. The fraction of sp³-hybridized carbons (Fsp3) is 0.333. The molecule has 29 heavy (non-hydrogen) atoms. The summed E-state index contributed by atoms with van der Waals surface area (Å²) in [4.78, 5) is 23.9. The molecule has 2 aromatic carbocycles. The van der Waals surface area contributed by atoms with Crippen LogP contribution < -0.4 is 9.62 Å². The largest absolute Gasteiger partial charge is 0.452 e. The number of carbonyl (C=O) groups excluding carboxylic acids is 2. The standard InChI is InChI=1S/C21H26N2O5S/c1-3-5-14-22-20(24)16-28-21(25)17-10-9-13-19(15-17)29(26,27)23(4-2)18-11-7-6-8-12-18/h6-13,15H,3-5,14,16H2,1-2H3,(H,22,24). The fourth-order valence-electron chi connectivity index (χ4n) is 2.67. The van der Waals surface area contributed by atoms with E-state index in [0.29, 0.717) is 12.2 Å². The number of hydrogen-bond acceptors (Lipinski definition) is 5. The summed E-state index contributed by atoms with van der Waals surface area (Å²) < 4.78 is 32.4. The van der Waals surface area contributed by atoms with Crippen molar-refractivity contribution in [2.24, 2.45) is 0 Å². The third-order valence-corrected chi connectivity index (χ3v) is 6.07. The number of ether oxygens (including phenoxy) is 1. The first kappa shape index (κ1) is 22.4. The zero-order valence-electron chi connectivity index (χ0n) is 16.6. The molecule has 1 N–H and O–H groups in total. The minimum Gasteiger partial charge on any atom is -0.452 e. The van der Waals surface area contributed by atoms with Crippen molar-refractivity contribution >= 4 is 27.6 Å². The molecule has 1 amide bonds. The number of sulfonamides is 1. The van der Waals surface area contributed by atoms with Crippen molar-refractivity contribution in [1.82, 2.24) is 5.32 Å². The monoisotopic (exact) mass is 418 g/mol. The molecule has 0 radical (unpaired) electrons. The molecule has 2 rings (SSSR count). The Balaban J connectivity index is 2.13. The SMILES string of the molecule is CCCCNC(=O)COC(=O)c1cccc(S(=O)(=O)N(CC)c2ccccc2)c1. The van der Waals surface area contributed by atoms with Crippen LogP contribution in [0.15, 0.2) is 59.5 Å². The van der Waals surface area contributed by atoms with Gasteiger partial charge >= 0.3 is 5.97 Å². The van der Waals surface area contributed by atoms with E-state index in [2.05, 4.69) is 5.32 Å². The molecule has 0 fully saturated rings. The van der Waals surface area contributed by atoms with Gasteiger partial charge in [-0.3, -0.25) is 9.10 Å². The van der Waals surface area contributed by atoms with Crippen molar-refractivity contribution in [2.75, 3.05) is 24.0 Å². The molecule has 0 saturated carbocycles. The molecular formula is C21H26N2O5S. The van der Waals surface area contributed by atoms with Crippen LogP contribution in [0.5, 0.6) is 0 Å². The van der Waals surface area contributed by atoms with E-state index in [9.17, 15) is 18.0 Å². The number of nitrogens with one attached hydrogen (secondary N) is 1. The van der Waals surface area contributed by atoms with Gasteiger partial charge in [0.15, 0.2) is 6.61 Å². The van der Waals surface area contributed by atoms with Gasteiger partial charge in [0, 0.05) is 13.1 Å². The summed E-state index contributed by atoms with van der Waals surface area (Å²) in [5.74, 6) is -1.15. The Morgan fingerprint density at radius 2 is 1.76 bits per heavy atom. The summed E-state index contributed by atoms with van der Waals surface area (Å²) >= 11 is 0. The summed E-state index contributed by atoms with van der Waals surface area (Å²) in [6, 6.07) is 14.3. The normalized spacial score (nSPS) is 11.0. The van der Waals surface area contributed by atoms with Gasteiger partial charge in [0.1, 0.15) is 0 Å². The van der Waals surface area contributed by atoms with E-state index in [1.54, 1.807) is 37.3 Å². The van der Waals surface area contributed by atoms with Crippen molar-refractivity contribution in [1.29, 1.82) is 0 Å². The second-order valence-corrected chi connectivity index (χ2v) is 8.18. The molecule has 156 valence electrons. The van der Waals surface area contributed by atoms with E-state index in [1.807, 2.05) is 6.92 Å². The second kappa shape index (κ2) is 10.6. The van der Waals surface area contributed by atoms with E-state index >= 15 is 0 Å². The lowest BCUT2D eigenvalue weighted by atomic mass is 10.2. The quantitative estimate of drug-likeness (QED) is 0.473. The zero-order valence-corrected chi connectivity index (χ0v) is 17.4. The molecule has 0 aliphatic heterocycles. The number of carbonyl (C=O) groups is 2. The summed E-state index contributed by atoms with van der Waals surface area (Å²) in [7, 11) is -3.86. The van der Waals surface area contributed by atoms with Crippen molar-refractivity contribution < 1.29 is 22.7 Å². The number of amides is 1. The van der Waals surface area contributed by atoms with Gasteiger partial charge in [-0.05, 0) is 43.7 Å². The molecule has 0 aromatic heterocycles. The highest BCUT2D eigenvalue weighted by molar-refractivity contribution is 7.92. The first-order chi connectivity index (χ1) is 13.9. The Bertz CT molecular complexity index is 929. The van der Waals surface area contributed by atoms with E-state index in [1.165, 1.54) is 28.6 Å². The predicted molar refractivity (Wildman–Crippen MR) is 111 cm³/mol. The van der Waals surface area contributed by atoms with Gasteiger partial charge < -0.3 is 10.1 Å². The number of anilines is 1. The molecule has 0 aliphatic rings. The third-order valence-electron chi connectivity index (χ3n) is 4.18. The lowest BCUT2D eigenvalue weighted by Crippen LogP contribution is -2.31. The number of para-hydroxylation sites is 1. The molecule has 0 spiro atoms. The average Bonchev–Trinajstić information content (AvgIpc) is 2.73. The van der Waals surface area contributed by atoms with Crippen LogP contribution in [0.4, 0.5) is 5.69 Å². The van der Waals surface area contributed by atoms with Crippen LogP contribution in [0.25, 0.3) is 0 Å². The lowest BCUT2D eigenvalue weighted by molar-refractivity contribution is -0.124. The first-order valence-corrected chi connectivity index (χ1v) is 11.0. The second-order valence-electron chi connectivity index (χ2n) is 6.31. The van der Waals surface area contributed by atoms with E-state index in [0.717, 1.165) is 12.8 Å². The molecule has 0 heterocycles. The van der Waals surface area contributed by atoms with Gasteiger partial charge in [0.05, 0.1) is 16.1 Å². The summed E-state index contributed by atoms with van der Waals surface area (Å²) in [6.07, 6.45) is 1.79. The van der Waals surface area contributed by atoms with Crippen LogP contribution in [0.2, 0.25) is 0 Å². The molecule has 8 heteroatoms. The van der Waals surface area contributed by atoms with Gasteiger partial charge in [-0.2, -0.15) is 0 Å². The number of hydrogen-bond donors (Lipinski definition) is 1. The average molecular weight is 419 g/mol. The Morgan fingerprint density at radius 1 is 1.03 bits per heavy atom. The molecule has 0 unspecified atom stereocenters. The van der Waals surface area contributed by atoms with E-state index in [-0.39, 0.29) is 17.0 Å². The lowest BCUT2D eigenvalue weighted by Gasteiger charge is -2.23. The highest BCUT2D eigenvalue weighted by atomic mass is 32.2. The van der Waals surface area contributed by atoms with Crippen LogP contribution in [0, 0.1) is 0 Å². The fourth-order valence-corrected chi connectivity index (χ4v) is 4.19. The van der Waals surface area contributed by atoms with Gasteiger partial charge in [0.25, 0.3) is 15.9 Å². The van der Waals surface area contributed by atoms with Crippen molar-refractivity contribution in [2.45, 2.75) is 31.6 Å². The van der Waals surface area contributed by atoms with E-state index < -0.39 is 28.5 Å². The summed E-state index contributed by atoms with van der Waals surface area (Å²) in [5.41, 5.74) is 0.600. The molecule has 2 aromatic rings. The highest BCUT2D eigenvalue weighted by Crippen LogP contribution is 2.24. The van der Waals surface area contributed by atoms with E-state index in [4.69, 9.17) is 4.74 Å². The van der Waals surface area contributed by atoms with Crippen LogP contribution >= 0.6 is 0 Å². The zero-order chi connectivity index (χ0) is 21.3. The number of rotatable bonds is 10. The maximum Gasteiger partial charge on any atom is 0.338 e. The molecular weight excluding hydrogens is 392 g/mol. The number of nitrogens with zero attached hydrogens (tertiary/aromatic N) is 1. The molecule has 7 nitrogen and oxygen atoms in total. The van der Waals surface area contributed by atoms with Crippen LogP contribution in [0.1, 0.15) is 37.0 Å². The third kappa shape index (κ3) is 6.05. The van der Waals surface area contributed by atoms with Crippen LogP contribution in [0.3, 0.4) is 0 Å². The van der Waals surface area contributed by atoms with Gasteiger partial charge in [0.2, 0.25) is 0 Å². The number of benzene rings is 2. The van der Waals surface area contributed by atoms with Crippen molar-refractivity contribution in [3.05, 3.63) is 60.2 Å². The topological polar surface area (TPSA) is 92.8 Å². The Kier molecular flexibility index (Phi) is 8.21. The molecule has 0 aliphatic carbocycles. The minimum absolute atomic E-state index is 0.0231. The van der Waals surface area contributed by atoms with Gasteiger partial charge in [-0.15, -0.1) is 0 Å². The van der Waals surface area contributed by atoms with Gasteiger partial charge in [-0.25, -0.2) is 13.2 Å². The Hall–Kier alpha value is -2.87. The Labute approximate surface area is 171 Å². The molecule has 0 bridgehead atoms. The number of esters is 1. The molecule has 0 atom stereocenters. The Morgan fingerprint density at radius 3 is 2.41 bits per heavy atom. The van der Waals surface area contributed by atoms with Crippen LogP contribution in [-0.4, -0.2) is 40.0 Å². The van der Waals surface area contributed by atoms with Crippen molar-refractivity contribution in [3.8, 4) is 0 Å². The molecule has 0 saturated heterocycles. The van der Waals surface area contributed by atoms with Gasteiger partial charge in [-0.1, -0.05) is 37.6 Å². The van der Waals surface area contributed by atoms with Crippen LogP contribution in [-0.2, 0) is 19.6 Å². The first-order valence-electron chi connectivity index (χ1n) is 9.51. The summed E-state index contributed by atoms with van der Waals surface area (Å²) in [5, 5.41) is 2.65.